The van der Waals surface area contributed by atoms with Gasteiger partial charge in [-0.3, -0.25) is 19.3 Å². The lowest BCUT2D eigenvalue weighted by Gasteiger charge is -2.14. The van der Waals surface area contributed by atoms with Crippen LogP contribution in [0.4, 0.5) is 15.8 Å². The Kier molecular flexibility index (Phi) is 5.25. The summed E-state index contributed by atoms with van der Waals surface area (Å²) in [5.74, 6) is -2.45. The number of ether oxygens (including phenoxy) is 1. The van der Waals surface area contributed by atoms with Crippen LogP contribution in [0.15, 0.2) is 48.5 Å². The van der Waals surface area contributed by atoms with Crippen LogP contribution in [-0.2, 0) is 19.1 Å². The van der Waals surface area contributed by atoms with Gasteiger partial charge in [0.05, 0.1) is 11.3 Å². The maximum atomic E-state index is 12.8. The van der Waals surface area contributed by atoms with E-state index in [2.05, 4.69) is 5.32 Å². The number of hydrogen-bond donors (Lipinski definition) is 1. The van der Waals surface area contributed by atoms with Gasteiger partial charge >= 0.3 is 5.97 Å². The van der Waals surface area contributed by atoms with Crippen molar-refractivity contribution in [2.45, 2.75) is 12.8 Å². The molecule has 0 aromatic heterocycles. The molecule has 0 saturated carbocycles. The number of nitrogens with one attached hydrogen (secondary N) is 1. The Morgan fingerprint density at radius 2 is 1.70 bits per heavy atom. The molecule has 2 aromatic carbocycles. The van der Waals surface area contributed by atoms with Crippen molar-refractivity contribution in [1.82, 2.24) is 0 Å². The summed E-state index contributed by atoms with van der Waals surface area (Å²) in [6.07, 6.45) is 0.272. The monoisotopic (exact) mass is 370 g/mol. The Labute approximate surface area is 153 Å². The lowest BCUT2D eigenvalue weighted by molar-refractivity contribution is -0.121. The Morgan fingerprint density at radius 3 is 2.37 bits per heavy atom. The topological polar surface area (TPSA) is 92.8 Å². The van der Waals surface area contributed by atoms with Gasteiger partial charge in [-0.05, 0) is 42.5 Å². The molecular weight excluding hydrogens is 355 g/mol. The van der Waals surface area contributed by atoms with E-state index in [-0.39, 0.29) is 35.9 Å². The Hall–Kier alpha value is -3.55. The molecule has 138 valence electrons. The standard InChI is InChI=1S/C19H15FN2O5/c20-13-4-6-14(7-5-13)21-16(23)11-27-19(26)12-2-1-3-15(10-12)22-17(24)8-9-18(22)25/h1-7,10H,8-9,11H2,(H,21,23). The zero-order chi connectivity index (χ0) is 19.4. The first-order chi connectivity index (χ1) is 12.9. The quantitative estimate of drug-likeness (QED) is 0.644. The van der Waals surface area contributed by atoms with Crippen LogP contribution in [0.2, 0.25) is 0 Å². The maximum absolute atomic E-state index is 12.8. The molecule has 0 unspecified atom stereocenters. The summed E-state index contributed by atoms with van der Waals surface area (Å²) in [7, 11) is 0. The maximum Gasteiger partial charge on any atom is 0.338 e. The molecule has 0 bridgehead atoms. The largest absolute Gasteiger partial charge is 0.452 e. The smallest absolute Gasteiger partial charge is 0.338 e. The molecule has 1 aliphatic rings. The van der Waals surface area contributed by atoms with E-state index in [1.807, 2.05) is 0 Å². The Morgan fingerprint density at radius 1 is 1.04 bits per heavy atom. The molecule has 0 atom stereocenters. The van der Waals surface area contributed by atoms with Crippen LogP contribution in [0.25, 0.3) is 0 Å². The summed E-state index contributed by atoms with van der Waals surface area (Å²) in [4.78, 5) is 48.6. The molecule has 3 amide bonds. The normalized spacial score (nSPS) is 13.6. The SMILES string of the molecule is O=C(COC(=O)c1cccc(N2C(=O)CCC2=O)c1)Nc1ccc(F)cc1. The molecule has 7 nitrogen and oxygen atoms in total. The summed E-state index contributed by atoms with van der Waals surface area (Å²) in [5, 5.41) is 2.46. The highest BCUT2D eigenvalue weighted by molar-refractivity contribution is 6.20. The van der Waals surface area contributed by atoms with E-state index in [9.17, 15) is 23.6 Å². The Bertz CT molecular complexity index is 895. The molecule has 0 radical (unpaired) electrons. The van der Waals surface area contributed by atoms with Gasteiger partial charge in [0.15, 0.2) is 6.61 Å². The van der Waals surface area contributed by atoms with Crippen molar-refractivity contribution in [3.8, 4) is 0 Å². The van der Waals surface area contributed by atoms with Gasteiger partial charge < -0.3 is 10.1 Å². The van der Waals surface area contributed by atoms with E-state index in [1.54, 1.807) is 6.07 Å². The molecule has 1 heterocycles. The number of hydrogen-bond acceptors (Lipinski definition) is 5. The van der Waals surface area contributed by atoms with E-state index in [0.29, 0.717) is 5.69 Å². The number of esters is 1. The zero-order valence-corrected chi connectivity index (χ0v) is 14.1. The number of rotatable bonds is 5. The lowest BCUT2D eigenvalue weighted by Crippen LogP contribution is -2.28. The van der Waals surface area contributed by atoms with Crippen molar-refractivity contribution in [3.63, 3.8) is 0 Å². The third-order valence-corrected chi connectivity index (χ3v) is 3.85. The van der Waals surface area contributed by atoms with Gasteiger partial charge in [0.1, 0.15) is 5.82 Å². The van der Waals surface area contributed by atoms with E-state index in [0.717, 1.165) is 4.90 Å². The lowest BCUT2D eigenvalue weighted by atomic mass is 10.2. The van der Waals surface area contributed by atoms with Gasteiger partial charge in [0.25, 0.3) is 5.91 Å². The van der Waals surface area contributed by atoms with E-state index < -0.39 is 24.3 Å². The second-order valence-electron chi connectivity index (χ2n) is 5.80. The van der Waals surface area contributed by atoms with Crippen LogP contribution in [0.1, 0.15) is 23.2 Å². The number of carbonyl (C=O) groups is 4. The minimum Gasteiger partial charge on any atom is -0.452 e. The number of halogens is 1. The number of amides is 3. The van der Waals surface area contributed by atoms with Crippen LogP contribution in [0, 0.1) is 5.82 Å². The number of nitrogens with zero attached hydrogens (tertiary/aromatic N) is 1. The molecule has 3 rings (SSSR count). The van der Waals surface area contributed by atoms with E-state index in [1.165, 1.54) is 42.5 Å². The average Bonchev–Trinajstić information content (AvgIpc) is 3.00. The van der Waals surface area contributed by atoms with Gasteiger partial charge in [-0.25, -0.2) is 9.18 Å². The van der Waals surface area contributed by atoms with Crippen LogP contribution in [0.3, 0.4) is 0 Å². The predicted octanol–water partition coefficient (Wildman–Crippen LogP) is 2.27. The molecule has 27 heavy (non-hydrogen) atoms. The van der Waals surface area contributed by atoms with Gasteiger partial charge in [0, 0.05) is 18.5 Å². The van der Waals surface area contributed by atoms with Crippen molar-refractivity contribution in [2.24, 2.45) is 0 Å². The highest BCUT2D eigenvalue weighted by atomic mass is 19.1. The Balaban J connectivity index is 1.60. The third-order valence-electron chi connectivity index (χ3n) is 3.85. The van der Waals surface area contributed by atoms with E-state index in [4.69, 9.17) is 4.74 Å². The molecule has 1 aliphatic heterocycles. The summed E-state index contributed by atoms with van der Waals surface area (Å²) >= 11 is 0. The minimum absolute atomic E-state index is 0.106. The molecule has 8 heteroatoms. The molecule has 2 aromatic rings. The summed E-state index contributed by atoms with van der Waals surface area (Å²) in [6, 6.07) is 11.0. The molecule has 0 aliphatic carbocycles. The van der Waals surface area contributed by atoms with Crippen molar-refractivity contribution >= 4 is 35.1 Å². The first-order valence-electron chi connectivity index (χ1n) is 8.12. The van der Waals surface area contributed by atoms with Crippen molar-refractivity contribution in [2.75, 3.05) is 16.8 Å². The van der Waals surface area contributed by atoms with Crippen LogP contribution < -0.4 is 10.2 Å². The fourth-order valence-electron chi connectivity index (χ4n) is 2.58. The first-order valence-corrected chi connectivity index (χ1v) is 8.12. The first kappa shape index (κ1) is 18.2. The molecule has 1 N–H and O–H groups in total. The third kappa shape index (κ3) is 4.35. The number of anilines is 2. The number of imide groups is 1. The fraction of sp³-hybridized carbons (Fsp3) is 0.158. The number of benzene rings is 2. The van der Waals surface area contributed by atoms with Gasteiger partial charge in [0.2, 0.25) is 11.8 Å². The van der Waals surface area contributed by atoms with Crippen LogP contribution in [-0.4, -0.2) is 30.3 Å². The zero-order valence-electron chi connectivity index (χ0n) is 14.1. The summed E-state index contributed by atoms with van der Waals surface area (Å²) < 4.78 is 17.8. The van der Waals surface area contributed by atoms with E-state index >= 15 is 0 Å². The fourth-order valence-corrected chi connectivity index (χ4v) is 2.58. The van der Waals surface area contributed by atoms with Gasteiger partial charge in [-0.15, -0.1) is 0 Å². The predicted molar refractivity (Wildman–Crippen MR) is 93.5 cm³/mol. The number of carbonyl (C=O) groups excluding carboxylic acids is 4. The highest BCUT2D eigenvalue weighted by Crippen LogP contribution is 2.23. The van der Waals surface area contributed by atoms with Gasteiger partial charge in [-0.1, -0.05) is 6.07 Å². The van der Waals surface area contributed by atoms with Gasteiger partial charge in [-0.2, -0.15) is 0 Å². The molecule has 1 saturated heterocycles. The van der Waals surface area contributed by atoms with Crippen LogP contribution in [0.5, 0.6) is 0 Å². The average molecular weight is 370 g/mol. The van der Waals surface area contributed by atoms with Crippen LogP contribution >= 0.6 is 0 Å². The van der Waals surface area contributed by atoms with Crippen molar-refractivity contribution < 1.29 is 28.3 Å². The second kappa shape index (κ2) is 7.77. The summed E-state index contributed by atoms with van der Waals surface area (Å²) in [6.45, 7) is -0.540. The molecular formula is C19H15FN2O5. The molecule has 1 fully saturated rings. The second-order valence-corrected chi connectivity index (χ2v) is 5.80. The molecule has 0 spiro atoms. The van der Waals surface area contributed by atoms with Crippen molar-refractivity contribution in [3.05, 3.63) is 59.9 Å². The minimum atomic E-state index is -0.773. The highest BCUT2D eigenvalue weighted by Gasteiger charge is 2.30. The van der Waals surface area contributed by atoms with Crippen molar-refractivity contribution in [1.29, 1.82) is 0 Å². The summed E-state index contributed by atoms with van der Waals surface area (Å²) in [5.41, 5.74) is 0.757.